The average Bonchev–Trinajstić information content (AvgIpc) is 2.37. The monoisotopic (exact) mass is 294 g/mol. The molecule has 0 aliphatic heterocycles. The van der Waals surface area contributed by atoms with Gasteiger partial charge < -0.3 is 5.32 Å². The number of pyridine rings is 1. The number of aromatic nitrogens is 1. The Morgan fingerprint density at radius 1 is 1.05 bits per heavy atom. The van der Waals surface area contributed by atoms with Crippen LogP contribution in [0.3, 0.4) is 0 Å². The van der Waals surface area contributed by atoms with Crippen LogP contribution in [0.25, 0.3) is 0 Å². The second kappa shape index (κ2) is 5.91. The summed E-state index contributed by atoms with van der Waals surface area (Å²) in [5.74, 6) is 0. The van der Waals surface area contributed by atoms with Crippen molar-refractivity contribution in [2.45, 2.75) is 19.9 Å². The number of rotatable bonds is 3. The second-order valence-corrected chi connectivity index (χ2v) is 5.28. The van der Waals surface area contributed by atoms with E-state index in [4.69, 9.17) is 23.2 Å². The molecule has 0 aliphatic carbocycles. The molecule has 2 nitrogen and oxygen atoms in total. The van der Waals surface area contributed by atoms with Crippen molar-refractivity contribution in [1.29, 1.82) is 0 Å². The van der Waals surface area contributed by atoms with Gasteiger partial charge in [0.15, 0.2) is 0 Å². The van der Waals surface area contributed by atoms with Gasteiger partial charge in [-0.15, -0.1) is 0 Å². The average molecular weight is 295 g/mol. The van der Waals surface area contributed by atoms with Gasteiger partial charge in [0.05, 0.1) is 16.1 Å². The summed E-state index contributed by atoms with van der Waals surface area (Å²) in [6.45, 7) is 3.99. The van der Waals surface area contributed by atoms with E-state index in [1.54, 1.807) is 6.07 Å². The van der Waals surface area contributed by atoms with Gasteiger partial charge in [0, 0.05) is 11.4 Å². The van der Waals surface area contributed by atoms with Crippen molar-refractivity contribution in [2.24, 2.45) is 0 Å². The molecule has 0 aliphatic rings. The number of benzene rings is 1. The van der Waals surface area contributed by atoms with Crippen molar-refractivity contribution >= 4 is 23.2 Å². The van der Waals surface area contributed by atoms with E-state index in [-0.39, 0.29) is 6.04 Å². The zero-order chi connectivity index (χ0) is 14.0. The Morgan fingerprint density at radius 3 is 2.42 bits per heavy atom. The fraction of sp³-hybridized carbons (Fsp3) is 0.267. The van der Waals surface area contributed by atoms with Crippen molar-refractivity contribution in [1.82, 2.24) is 10.3 Å². The molecular formula is C15H16Cl2N2. The van der Waals surface area contributed by atoms with Crippen LogP contribution in [0.5, 0.6) is 0 Å². The highest BCUT2D eigenvalue weighted by Gasteiger charge is 2.18. The maximum absolute atomic E-state index is 6.31. The van der Waals surface area contributed by atoms with Crippen LogP contribution in [-0.4, -0.2) is 12.0 Å². The lowest BCUT2D eigenvalue weighted by Crippen LogP contribution is -2.19. The summed E-state index contributed by atoms with van der Waals surface area (Å²) < 4.78 is 0. The van der Waals surface area contributed by atoms with Crippen molar-refractivity contribution in [3.8, 4) is 0 Å². The minimum absolute atomic E-state index is 0.0145. The Hall–Kier alpha value is -1.09. The van der Waals surface area contributed by atoms with Gasteiger partial charge in [-0.2, -0.15) is 0 Å². The van der Waals surface area contributed by atoms with E-state index in [1.807, 2.05) is 39.1 Å². The van der Waals surface area contributed by atoms with E-state index in [0.29, 0.717) is 10.0 Å². The molecule has 0 saturated heterocycles. The zero-order valence-corrected chi connectivity index (χ0v) is 12.7. The summed E-state index contributed by atoms with van der Waals surface area (Å²) in [4.78, 5) is 4.50. The molecule has 2 rings (SSSR count). The first-order valence-electron chi connectivity index (χ1n) is 6.10. The normalized spacial score (nSPS) is 12.5. The fourth-order valence-corrected chi connectivity index (χ4v) is 2.64. The molecule has 0 bridgehead atoms. The lowest BCUT2D eigenvalue weighted by molar-refractivity contribution is 0.682. The molecule has 2 aromatic rings. The van der Waals surface area contributed by atoms with E-state index in [0.717, 1.165) is 22.5 Å². The summed E-state index contributed by atoms with van der Waals surface area (Å²) in [7, 11) is 1.90. The molecule has 1 aromatic carbocycles. The van der Waals surface area contributed by atoms with Crippen LogP contribution in [0.2, 0.25) is 10.0 Å². The van der Waals surface area contributed by atoms with E-state index in [1.165, 1.54) is 0 Å². The number of hydrogen-bond donors (Lipinski definition) is 1. The van der Waals surface area contributed by atoms with Crippen LogP contribution in [0.15, 0.2) is 30.3 Å². The topological polar surface area (TPSA) is 24.9 Å². The van der Waals surface area contributed by atoms with Crippen LogP contribution < -0.4 is 5.32 Å². The molecule has 0 saturated carbocycles. The van der Waals surface area contributed by atoms with Crippen LogP contribution in [0.4, 0.5) is 0 Å². The molecule has 1 unspecified atom stereocenters. The van der Waals surface area contributed by atoms with Gasteiger partial charge >= 0.3 is 0 Å². The Bertz CT molecular complexity index is 597. The highest BCUT2D eigenvalue weighted by Crippen LogP contribution is 2.33. The van der Waals surface area contributed by atoms with Crippen molar-refractivity contribution < 1.29 is 0 Å². The van der Waals surface area contributed by atoms with Gasteiger partial charge in [-0.3, -0.25) is 4.98 Å². The van der Waals surface area contributed by atoms with Gasteiger partial charge in [-0.05, 0) is 44.2 Å². The van der Waals surface area contributed by atoms with Gasteiger partial charge in [0.2, 0.25) is 0 Å². The van der Waals surface area contributed by atoms with Crippen LogP contribution in [-0.2, 0) is 0 Å². The smallest absolute Gasteiger partial charge is 0.0643 e. The maximum atomic E-state index is 6.31. The van der Waals surface area contributed by atoms with Crippen molar-refractivity contribution in [2.75, 3.05) is 7.05 Å². The minimum atomic E-state index is -0.0145. The molecule has 0 radical (unpaired) electrons. The van der Waals surface area contributed by atoms with Gasteiger partial charge in [-0.25, -0.2) is 0 Å². The molecule has 19 heavy (non-hydrogen) atoms. The molecule has 0 fully saturated rings. The fourth-order valence-electron chi connectivity index (χ4n) is 2.22. The molecule has 4 heteroatoms. The summed E-state index contributed by atoms with van der Waals surface area (Å²) in [5, 5.41) is 4.43. The van der Waals surface area contributed by atoms with Crippen molar-refractivity contribution in [3.05, 3.63) is 62.9 Å². The first-order valence-corrected chi connectivity index (χ1v) is 6.85. The third kappa shape index (κ3) is 2.92. The first kappa shape index (κ1) is 14.3. The Kier molecular flexibility index (Phi) is 4.46. The molecule has 0 amide bonds. The number of halogens is 2. The zero-order valence-electron chi connectivity index (χ0n) is 11.2. The second-order valence-electron chi connectivity index (χ2n) is 4.49. The highest BCUT2D eigenvalue weighted by molar-refractivity contribution is 6.42. The number of hydrogen-bond acceptors (Lipinski definition) is 2. The summed E-state index contributed by atoms with van der Waals surface area (Å²) in [5.41, 5.74) is 4.08. The van der Waals surface area contributed by atoms with E-state index in [9.17, 15) is 0 Å². The molecule has 0 spiro atoms. The van der Waals surface area contributed by atoms with Crippen LogP contribution >= 0.6 is 23.2 Å². The highest BCUT2D eigenvalue weighted by atomic mass is 35.5. The summed E-state index contributed by atoms with van der Waals surface area (Å²) >= 11 is 12.4. The first-order chi connectivity index (χ1) is 9.04. The Balaban J connectivity index is 2.53. The van der Waals surface area contributed by atoms with E-state index < -0.39 is 0 Å². The minimum Gasteiger partial charge on any atom is -0.309 e. The van der Waals surface area contributed by atoms with Gasteiger partial charge in [0.1, 0.15) is 0 Å². The predicted octanol–water partition coefficient (Wildman–Crippen LogP) is 4.31. The molecule has 1 heterocycles. The third-order valence-electron chi connectivity index (χ3n) is 3.16. The predicted molar refractivity (Wildman–Crippen MR) is 81.1 cm³/mol. The maximum Gasteiger partial charge on any atom is 0.0643 e. The Labute approximate surface area is 123 Å². The SMILES string of the molecule is CNC(c1ccc(C)nc1C)c1cccc(Cl)c1Cl. The molecule has 1 atom stereocenters. The summed E-state index contributed by atoms with van der Waals surface area (Å²) in [6.07, 6.45) is 0. The Morgan fingerprint density at radius 2 is 1.79 bits per heavy atom. The summed E-state index contributed by atoms with van der Waals surface area (Å²) in [6, 6.07) is 9.75. The lowest BCUT2D eigenvalue weighted by atomic mass is 9.97. The number of aryl methyl sites for hydroxylation is 2. The number of nitrogens with one attached hydrogen (secondary N) is 1. The third-order valence-corrected chi connectivity index (χ3v) is 3.99. The quantitative estimate of drug-likeness (QED) is 0.912. The number of nitrogens with zero attached hydrogens (tertiary/aromatic N) is 1. The lowest BCUT2D eigenvalue weighted by Gasteiger charge is -2.20. The molecule has 100 valence electrons. The van der Waals surface area contributed by atoms with Crippen LogP contribution in [0, 0.1) is 13.8 Å². The van der Waals surface area contributed by atoms with Crippen LogP contribution in [0.1, 0.15) is 28.6 Å². The van der Waals surface area contributed by atoms with Gasteiger partial charge in [0.25, 0.3) is 0 Å². The standard InChI is InChI=1S/C15H16Cl2N2/c1-9-7-8-11(10(2)19-9)15(18-3)12-5-4-6-13(16)14(12)17/h4-8,15,18H,1-3H3. The largest absolute Gasteiger partial charge is 0.309 e. The van der Waals surface area contributed by atoms with E-state index in [2.05, 4.69) is 16.4 Å². The molecule has 1 N–H and O–H groups in total. The van der Waals surface area contributed by atoms with Crippen molar-refractivity contribution in [3.63, 3.8) is 0 Å². The van der Waals surface area contributed by atoms with E-state index >= 15 is 0 Å². The molecular weight excluding hydrogens is 279 g/mol. The van der Waals surface area contributed by atoms with Gasteiger partial charge in [-0.1, -0.05) is 41.4 Å². The molecule has 1 aromatic heterocycles.